The zero-order valence-corrected chi connectivity index (χ0v) is 12.8. The van der Waals surface area contributed by atoms with Crippen LogP contribution >= 0.6 is 15.9 Å². The van der Waals surface area contributed by atoms with Crippen molar-refractivity contribution in [3.8, 4) is 5.69 Å². The van der Waals surface area contributed by atoms with E-state index in [-0.39, 0.29) is 5.56 Å². The maximum atomic E-state index is 12.8. The fourth-order valence-electron chi connectivity index (χ4n) is 1.97. The fourth-order valence-corrected chi connectivity index (χ4v) is 2.22. The summed E-state index contributed by atoms with van der Waals surface area (Å²) in [5.41, 5.74) is 6.31. The van der Waals surface area contributed by atoms with E-state index in [2.05, 4.69) is 21.0 Å². The van der Waals surface area contributed by atoms with E-state index in [0.717, 1.165) is 22.3 Å². The van der Waals surface area contributed by atoms with Crippen molar-refractivity contribution >= 4 is 21.8 Å². The summed E-state index contributed by atoms with van der Waals surface area (Å²) in [4.78, 5) is 0. The number of nitrogens with zero attached hydrogens (tertiary/aromatic N) is 2. The van der Waals surface area contributed by atoms with E-state index in [4.69, 9.17) is 11.1 Å². The van der Waals surface area contributed by atoms with E-state index < -0.39 is 17.6 Å². The van der Waals surface area contributed by atoms with Crippen molar-refractivity contribution in [2.45, 2.75) is 20.0 Å². The molecular weight excluding hydrogens is 349 g/mol. The molecule has 0 atom stereocenters. The van der Waals surface area contributed by atoms with Gasteiger partial charge in [0.05, 0.1) is 27.1 Å². The Labute approximate surface area is 127 Å². The van der Waals surface area contributed by atoms with Crippen molar-refractivity contribution in [3.63, 3.8) is 0 Å². The average molecular weight is 361 g/mol. The maximum Gasteiger partial charge on any atom is 0.416 e. The van der Waals surface area contributed by atoms with Gasteiger partial charge in [0.15, 0.2) is 0 Å². The van der Waals surface area contributed by atoms with Crippen molar-refractivity contribution in [2.24, 2.45) is 5.73 Å². The van der Waals surface area contributed by atoms with Crippen LogP contribution in [0.15, 0.2) is 22.7 Å². The summed E-state index contributed by atoms with van der Waals surface area (Å²) in [6.45, 7) is 3.54. The molecule has 0 saturated heterocycles. The van der Waals surface area contributed by atoms with Crippen molar-refractivity contribution < 1.29 is 13.2 Å². The molecule has 0 fully saturated rings. The number of aromatic nitrogens is 2. The van der Waals surface area contributed by atoms with Crippen LogP contribution in [0.4, 0.5) is 13.2 Å². The van der Waals surface area contributed by atoms with Gasteiger partial charge in [-0.05, 0) is 48.0 Å². The minimum Gasteiger partial charge on any atom is -0.384 e. The summed E-state index contributed by atoms with van der Waals surface area (Å²) in [6, 6.07) is 3.08. The van der Waals surface area contributed by atoms with Gasteiger partial charge in [-0.25, -0.2) is 4.68 Å². The fraction of sp³-hybridized carbons (Fsp3) is 0.231. The number of rotatable bonds is 2. The second-order valence-electron chi connectivity index (χ2n) is 4.54. The van der Waals surface area contributed by atoms with E-state index in [9.17, 15) is 13.2 Å². The van der Waals surface area contributed by atoms with Gasteiger partial charge in [-0.2, -0.15) is 18.3 Å². The number of nitrogen functional groups attached to an aromatic ring is 1. The summed E-state index contributed by atoms with van der Waals surface area (Å²) in [6.07, 6.45) is -4.49. The van der Waals surface area contributed by atoms with Crippen LogP contribution in [-0.4, -0.2) is 15.6 Å². The van der Waals surface area contributed by atoms with Crippen LogP contribution in [0.5, 0.6) is 0 Å². The lowest BCUT2D eigenvalue weighted by atomic mass is 10.1. The number of benzene rings is 1. The van der Waals surface area contributed by atoms with Gasteiger partial charge in [0.2, 0.25) is 0 Å². The first-order valence-corrected chi connectivity index (χ1v) is 6.70. The molecule has 1 aromatic carbocycles. The van der Waals surface area contributed by atoms with Gasteiger partial charge in [0.25, 0.3) is 0 Å². The topological polar surface area (TPSA) is 67.7 Å². The summed E-state index contributed by atoms with van der Waals surface area (Å²) in [5, 5.41) is 11.8. The van der Waals surface area contributed by atoms with Crippen molar-refractivity contribution in [2.75, 3.05) is 0 Å². The lowest BCUT2D eigenvalue weighted by Crippen LogP contribution is -2.18. The first-order chi connectivity index (χ1) is 9.62. The monoisotopic (exact) mass is 360 g/mol. The summed E-state index contributed by atoms with van der Waals surface area (Å²) in [7, 11) is 0. The largest absolute Gasteiger partial charge is 0.416 e. The molecule has 3 N–H and O–H groups in total. The lowest BCUT2D eigenvalue weighted by molar-refractivity contribution is -0.137. The molecule has 1 heterocycles. The zero-order valence-electron chi connectivity index (χ0n) is 11.2. The van der Waals surface area contributed by atoms with E-state index in [1.165, 1.54) is 10.7 Å². The smallest absolute Gasteiger partial charge is 0.384 e. The third kappa shape index (κ3) is 2.80. The molecule has 112 valence electrons. The molecule has 0 aliphatic carbocycles. The highest BCUT2D eigenvalue weighted by Crippen LogP contribution is 2.32. The minimum atomic E-state index is -4.49. The highest BCUT2D eigenvalue weighted by Gasteiger charge is 2.31. The van der Waals surface area contributed by atoms with E-state index in [1.807, 2.05) is 0 Å². The number of aryl methyl sites for hydroxylation is 1. The standard InChI is InChI=1S/C13H12BrF3N4/c1-6-11(14)7(2)21(20-6)10-4-3-8(13(15,16)17)5-9(10)12(18)19/h3-5H,1-2H3,(H3,18,19). The molecule has 1 aromatic heterocycles. The van der Waals surface area contributed by atoms with Crippen molar-refractivity contribution in [1.82, 2.24) is 9.78 Å². The van der Waals surface area contributed by atoms with Crippen LogP contribution in [0.2, 0.25) is 0 Å². The number of halogens is 4. The highest BCUT2D eigenvalue weighted by molar-refractivity contribution is 9.10. The van der Waals surface area contributed by atoms with Crippen LogP contribution < -0.4 is 5.73 Å². The quantitative estimate of drug-likeness (QED) is 0.635. The molecule has 2 rings (SSSR count). The molecule has 0 aliphatic heterocycles. The highest BCUT2D eigenvalue weighted by atomic mass is 79.9. The molecule has 0 bridgehead atoms. The Bertz CT molecular complexity index is 719. The van der Waals surface area contributed by atoms with E-state index in [0.29, 0.717) is 11.4 Å². The van der Waals surface area contributed by atoms with Crippen molar-refractivity contribution in [1.29, 1.82) is 5.41 Å². The number of nitrogens with one attached hydrogen (secondary N) is 1. The SMILES string of the molecule is Cc1nn(-c2ccc(C(F)(F)F)cc2C(=N)N)c(C)c1Br. The van der Waals surface area contributed by atoms with Crippen LogP contribution in [0.25, 0.3) is 5.69 Å². The Hall–Kier alpha value is -1.83. The van der Waals surface area contributed by atoms with Crippen LogP contribution in [0, 0.1) is 19.3 Å². The second kappa shape index (κ2) is 5.18. The summed E-state index contributed by atoms with van der Waals surface area (Å²) < 4.78 is 40.5. The Morgan fingerprint density at radius 2 is 1.95 bits per heavy atom. The lowest BCUT2D eigenvalue weighted by Gasteiger charge is -2.14. The molecular formula is C13H12BrF3N4. The minimum absolute atomic E-state index is 0.0112. The zero-order chi connectivity index (χ0) is 15.9. The Kier molecular flexibility index (Phi) is 3.83. The van der Waals surface area contributed by atoms with Gasteiger partial charge >= 0.3 is 6.18 Å². The van der Waals surface area contributed by atoms with Crippen LogP contribution in [0.3, 0.4) is 0 Å². The first-order valence-electron chi connectivity index (χ1n) is 5.90. The number of hydrogen-bond acceptors (Lipinski definition) is 2. The maximum absolute atomic E-state index is 12.8. The van der Waals surface area contributed by atoms with E-state index in [1.54, 1.807) is 13.8 Å². The third-order valence-corrected chi connectivity index (χ3v) is 4.19. The molecule has 21 heavy (non-hydrogen) atoms. The summed E-state index contributed by atoms with van der Waals surface area (Å²) in [5.74, 6) is -0.445. The first kappa shape index (κ1) is 15.6. The average Bonchev–Trinajstić information content (AvgIpc) is 2.64. The number of amidine groups is 1. The summed E-state index contributed by atoms with van der Waals surface area (Å²) >= 11 is 3.36. The number of alkyl halides is 3. The third-order valence-electron chi connectivity index (χ3n) is 3.05. The van der Waals surface area contributed by atoms with E-state index >= 15 is 0 Å². The van der Waals surface area contributed by atoms with Gasteiger partial charge < -0.3 is 5.73 Å². The molecule has 0 saturated carbocycles. The predicted octanol–water partition coefficient (Wildman–Crippen LogP) is 3.55. The van der Waals surface area contributed by atoms with Crippen molar-refractivity contribution in [3.05, 3.63) is 45.2 Å². The second-order valence-corrected chi connectivity index (χ2v) is 5.33. The van der Waals surface area contributed by atoms with Gasteiger partial charge in [-0.3, -0.25) is 5.41 Å². The Morgan fingerprint density at radius 1 is 1.33 bits per heavy atom. The molecule has 0 amide bonds. The Morgan fingerprint density at radius 3 is 2.38 bits per heavy atom. The Balaban J connectivity index is 2.69. The van der Waals surface area contributed by atoms with Gasteiger partial charge in [0.1, 0.15) is 5.84 Å². The van der Waals surface area contributed by atoms with Crippen LogP contribution in [0.1, 0.15) is 22.5 Å². The predicted molar refractivity (Wildman–Crippen MR) is 76.8 cm³/mol. The molecule has 8 heteroatoms. The van der Waals surface area contributed by atoms with Gasteiger partial charge in [-0.15, -0.1) is 0 Å². The molecule has 2 aromatic rings. The normalized spacial score (nSPS) is 11.7. The molecule has 0 unspecified atom stereocenters. The number of nitrogens with two attached hydrogens (primary N) is 1. The molecule has 4 nitrogen and oxygen atoms in total. The number of hydrogen-bond donors (Lipinski definition) is 2. The molecule has 0 spiro atoms. The van der Waals surface area contributed by atoms with Crippen LogP contribution in [-0.2, 0) is 6.18 Å². The van der Waals surface area contributed by atoms with Gasteiger partial charge in [-0.1, -0.05) is 0 Å². The van der Waals surface area contributed by atoms with Gasteiger partial charge in [0, 0.05) is 5.56 Å². The molecule has 0 aliphatic rings. The molecule has 0 radical (unpaired) electrons.